The van der Waals surface area contributed by atoms with Gasteiger partial charge in [0.15, 0.2) is 5.78 Å². The van der Waals surface area contributed by atoms with Gasteiger partial charge in [-0.25, -0.2) is 4.39 Å². The number of ketones is 1. The number of nitriles is 1. The molecule has 0 aliphatic heterocycles. The van der Waals surface area contributed by atoms with Crippen molar-refractivity contribution in [1.82, 2.24) is 0 Å². The molecule has 0 saturated carbocycles. The van der Waals surface area contributed by atoms with Crippen LogP contribution in [0.25, 0.3) is 0 Å². The number of amides is 1. The van der Waals surface area contributed by atoms with Gasteiger partial charge >= 0.3 is 0 Å². The van der Waals surface area contributed by atoms with E-state index in [1.165, 1.54) is 60.7 Å². The summed E-state index contributed by atoms with van der Waals surface area (Å²) in [6.07, 6.45) is 0. The van der Waals surface area contributed by atoms with Gasteiger partial charge < -0.3 is 5.32 Å². The second-order valence-electron chi connectivity index (χ2n) is 5.64. The third-order valence-corrected chi connectivity index (χ3v) is 4.10. The highest BCUT2D eigenvalue weighted by Gasteiger charge is 2.19. The summed E-state index contributed by atoms with van der Waals surface area (Å²) in [4.78, 5) is 25.2. The number of carbonyl (C=O) groups is 2. The van der Waals surface area contributed by atoms with Crippen molar-refractivity contribution in [3.63, 3.8) is 0 Å². The van der Waals surface area contributed by atoms with E-state index in [4.69, 9.17) is 16.9 Å². The molecular formula is C21H12ClFN2O2. The van der Waals surface area contributed by atoms with Crippen LogP contribution in [-0.4, -0.2) is 11.7 Å². The van der Waals surface area contributed by atoms with E-state index in [1.807, 2.05) is 6.07 Å². The third kappa shape index (κ3) is 4.02. The van der Waals surface area contributed by atoms with Gasteiger partial charge in [0.1, 0.15) is 5.82 Å². The van der Waals surface area contributed by atoms with E-state index in [-0.39, 0.29) is 21.8 Å². The molecule has 0 aromatic heterocycles. The van der Waals surface area contributed by atoms with Crippen LogP contribution < -0.4 is 5.32 Å². The first-order chi connectivity index (χ1) is 13.0. The molecule has 0 bridgehead atoms. The number of rotatable bonds is 4. The monoisotopic (exact) mass is 378 g/mol. The molecule has 0 heterocycles. The minimum atomic E-state index is -0.660. The zero-order chi connectivity index (χ0) is 19.4. The van der Waals surface area contributed by atoms with Crippen LogP contribution in [0.5, 0.6) is 0 Å². The number of nitrogens with one attached hydrogen (secondary N) is 1. The van der Waals surface area contributed by atoms with Gasteiger partial charge in [0.25, 0.3) is 5.91 Å². The largest absolute Gasteiger partial charge is 0.321 e. The molecule has 3 aromatic carbocycles. The molecule has 1 amide bonds. The average molecular weight is 379 g/mol. The van der Waals surface area contributed by atoms with Gasteiger partial charge in [-0.05, 0) is 54.6 Å². The highest BCUT2D eigenvalue weighted by atomic mass is 35.5. The molecule has 0 atom stereocenters. The Balaban J connectivity index is 1.94. The number of hydrogen-bond donors (Lipinski definition) is 1. The van der Waals surface area contributed by atoms with Gasteiger partial charge in [0.05, 0.1) is 22.9 Å². The molecule has 0 saturated heterocycles. The Bertz CT molecular complexity index is 1070. The predicted octanol–water partition coefficient (Wildman–Crippen LogP) is 4.83. The van der Waals surface area contributed by atoms with E-state index in [1.54, 1.807) is 6.07 Å². The van der Waals surface area contributed by atoms with Crippen LogP contribution in [0.1, 0.15) is 31.8 Å². The van der Waals surface area contributed by atoms with Crippen LogP contribution in [0.2, 0.25) is 5.02 Å². The van der Waals surface area contributed by atoms with Gasteiger partial charge in [0, 0.05) is 16.1 Å². The van der Waals surface area contributed by atoms with Crippen molar-refractivity contribution >= 4 is 29.0 Å². The molecule has 6 heteroatoms. The molecular weight excluding hydrogens is 367 g/mol. The molecule has 0 spiro atoms. The molecule has 3 aromatic rings. The van der Waals surface area contributed by atoms with Crippen molar-refractivity contribution in [3.05, 3.63) is 99.8 Å². The Hall–Kier alpha value is -3.49. The van der Waals surface area contributed by atoms with Crippen LogP contribution in [0.3, 0.4) is 0 Å². The first kappa shape index (κ1) is 18.3. The molecule has 0 fully saturated rings. The zero-order valence-corrected chi connectivity index (χ0v) is 14.6. The number of hydrogen-bond acceptors (Lipinski definition) is 3. The summed E-state index contributed by atoms with van der Waals surface area (Å²) in [5, 5.41) is 11.7. The number of carbonyl (C=O) groups excluding carboxylic acids is 2. The lowest BCUT2D eigenvalue weighted by molar-refractivity contribution is 0.102. The Morgan fingerprint density at radius 2 is 1.67 bits per heavy atom. The van der Waals surface area contributed by atoms with Crippen LogP contribution in [-0.2, 0) is 0 Å². The van der Waals surface area contributed by atoms with E-state index in [2.05, 4.69) is 5.32 Å². The molecule has 0 aliphatic rings. The lowest BCUT2D eigenvalue weighted by Gasteiger charge is -2.12. The third-order valence-electron chi connectivity index (χ3n) is 3.87. The Kier molecular flexibility index (Phi) is 5.30. The van der Waals surface area contributed by atoms with Crippen molar-refractivity contribution in [2.75, 3.05) is 5.32 Å². The molecule has 0 radical (unpaired) electrons. The Morgan fingerprint density at radius 3 is 2.33 bits per heavy atom. The van der Waals surface area contributed by atoms with Crippen LogP contribution >= 0.6 is 11.6 Å². The first-order valence-corrected chi connectivity index (χ1v) is 8.27. The summed E-state index contributed by atoms with van der Waals surface area (Å²) < 4.78 is 14.0. The van der Waals surface area contributed by atoms with E-state index < -0.39 is 17.5 Å². The maximum Gasteiger partial charge on any atom is 0.255 e. The quantitative estimate of drug-likeness (QED) is 0.661. The summed E-state index contributed by atoms with van der Waals surface area (Å²) in [5.41, 5.74) is 0.909. The second-order valence-corrected chi connectivity index (χ2v) is 6.08. The normalized spacial score (nSPS) is 10.1. The maximum absolute atomic E-state index is 14.0. The van der Waals surface area contributed by atoms with Crippen molar-refractivity contribution in [3.8, 4) is 6.07 Å². The molecule has 132 valence electrons. The summed E-state index contributed by atoms with van der Waals surface area (Å²) in [7, 11) is 0. The molecule has 4 nitrogen and oxygen atoms in total. The zero-order valence-electron chi connectivity index (χ0n) is 13.9. The van der Waals surface area contributed by atoms with Crippen LogP contribution in [0.15, 0.2) is 66.7 Å². The van der Waals surface area contributed by atoms with E-state index >= 15 is 0 Å². The fraction of sp³-hybridized carbons (Fsp3) is 0. The van der Waals surface area contributed by atoms with Crippen LogP contribution in [0.4, 0.5) is 10.1 Å². The molecule has 0 aliphatic carbocycles. The van der Waals surface area contributed by atoms with Gasteiger partial charge in [-0.3, -0.25) is 9.59 Å². The van der Waals surface area contributed by atoms with Crippen molar-refractivity contribution in [2.24, 2.45) is 0 Å². The lowest BCUT2D eigenvalue weighted by Crippen LogP contribution is -2.15. The van der Waals surface area contributed by atoms with E-state index in [9.17, 15) is 14.0 Å². The van der Waals surface area contributed by atoms with Crippen molar-refractivity contribution < 1.29 is 14.0 Å². The molecule has 1 N–H and O–H groups in total. The van der Waals surface area contributed by atoms with Gasteiger partial charge in [0.2, 0.25) is 0 Å². The molecule has 3 rings (SSSR count). The standard InChI is InChI=1S/C21H12ClFN2O2/c22-15-9-10-19(25-21(27)14-7-5-13(12-24)6-8-14)17(11-15)20(26)16-3-1-2-4-18(16)23/h1-11H,(H,25,27). The maximum atomic E-state index is 14.0. The van der Waals surface area contributed by atoms with Gasteiger partial charge in [-0.2, -0.15) is 5.26 Å². The minimum absolute atomic E-state index is 0.0783. The lowest BCUT2D eigenvalue weighted by atomic mass is 10.0. The van der Waals surface area contributed by atoms with Crippen molar-refractivity contribution in [2.45, 2.75) is 0 Å². The van der Waals surface area contributed by atoms with Gasteiger partial charge in [-0.1, -0.05) is 23.7 Å². The highest BCUT2D eigenvalue weighted by Crippen LogP contribution is 2.25. The van der Waals surface area contributed by atoms with E-state index in [0.717, 1.165) is 0 Å². The molecule has 27 heavy (non-hydrogen) atoms. The number of anilines is 1. The average Bonchev–Trinajstić information content (AvgIpc) is 2.69. The number of nitrogens with zero attached hydrogens (tertiary/aromatic N) is 1. The smallest absolute Gasteiger partial charge is 0.255 e. The summed E-state index contributed by atoms with van der Waals surface area (Å²) >= 11 is 5.99. The SMILES string of the molecule is N#Cc1ccc(C(=O)Nc2ccc(Cl)cc2C(=O)c2ccccc2F)cc1. The summed E-state index contributed by atoms with van der Waals surface area (Å²) in [5.74, 6) is -1.72. The number of benzene rings is 3. The van der Waals surface area contributed by atoms with Crippen molar-refractivity contribution in [1.29, 1.82) is 5.26 Å². The Labute approximate surface area is 159 Å². The first-order valence-electron chi connectivity index (χ1n) is 7.90. The number of halogens is 2. The van der Waals surface area contributed by atoms with Crippen LogP contribution in [0, 0.1) is 17.1 Å². The van der Waals surface area contributed by atoms with E-state index in [0.29, 0.717) is 11.1 Å². The molecule has 0 unspecified atom stereocenters. The fourth-order valence-electron chi connectivity index (χ4n) is 2.49. The summed E-state index contributed by atoms with van der Waals surface area (Å²) in [6, 6.07) is 18.0. The topological polar surface area (TPSA) is 70.0 Å². The fourth-order valence-corrected chi connectivity index (χ4v) is 2.67. The minimum Gasteiger partial charge on any atom is -0.321 e. The second kappa shape index (κ2) is 7.81. The Morgan fingerprint density at radius 1 is 0.963 bits per heavy atom. The predicted molar refractivity (Wildman–Crippen MR) is 100 cm³/mol. The summed E-state index contributed by atoms with van der Waals surface area (Å²) in [6.45, 7) is 0. The highest BCUT2D eigenvalue weighted by molar-refractivity contribution is 6.31. The van der Waals surface area contributed by atoms with Gasteiger partial charge in [-0.15, -0.1) is 0 Å².